The summed E-state index contributed by atoms with van der Waals surface area (Å²) in [6, 6.07) is 20.9. The molecule has 4 rings (SSSR count). The normalized spacial score (nSPS) is 18.0. The molecule has 38 heavy (non-hydrogen) atoms. The number of carbonyl (C=O) groups is 3. The average Bonchev–Trinajstić information content (AvgIpc) is 3.24. The number of nitrogens with one attached hydrogen (secondary N) is 1. The van der Waals surface area contributed by atoms with Gasteiger partial charge in [-0.2, -0.15) is 0 Å². The summed E-state index contributed by atoms with van der Waals surface area (Å²) < 4.78 is -0.570. The number of phenols is 1. The van der Waals surface area contributed by atoms with E-state index in [0.717, 1.165) is 5.56 Å². The van der Waals surface area contributed by atoms with Crippen molar-refractivity contribution in [1.29, 1.82) is 0 Å². The zero-order valence-corrected chi connectivity index (χ0v) is 22.4. The Bertz CT molecular complexity index is 1310. The maximum absolute atomic E-state index is 13.8. The van der Waals surface area contributed by atoms with Gasteiger partial charge in [0.25, 0.3) is 11.8 Å². The second kappa shape index (κ2) is 11.4. The lowest BCUT2D eigenvalue weighted by Crippen LogP contribution is -2.57. The maximum atomic E-state index is 13.8. The molecule has 0 radical (unpaired) electrons. The molecule has 1 saturated heterocycles. The minimum Gasteiger partial charge on any atom is -0.508 e. The summed E-state index contributed by atoms with van der Waals surface area (Å²) in [5.41, 5.74) is 1.97. The van der Waals surface area contributed by atoms with E-state index in [-0.39, 0.29) is 29.4 Å². The SMILES string of the molecule is Cc1c(O)cccc1C(=O)N[C@@H](Cc1ccccc1)[C@H](O)C(=O)N1CSC(C)(C)[C@H]1C(=O)c1ccccc1. The number of aromatic hydroxyl groups is 1. The number of aliphatic hydroxyl groups is 1. The lowest BCUT2D eigenvalue weighted by Gasteiger charge is -2.33. The van der Waals surface area contributed by atoms with Crippen molar-refractivity contribution in [3.05, 3.63) is 101 Å². The maximum Gasteiger partial charge on any atom is 0.254 e. The van der Waals surface area contributed by atoms with E-state index in [4.69, 9.17) is 0 Å². The fraction of sp³-hybridized carbons (Fsp3) is 0.300. The monoisotopic (exact) mass is 532 g/mol. The van der Waals surface area contributed by atoms with Gasteiger partial charge >= 0.3 is 0 Å². The molecular weight excluding hydrogens is 500 g/mol. The van der Waals surface area contributed by atoms with Crippen LogP contribution in [0.5, 0.6) is 5.75 Å². The number of amides is 2. The summed E-state index contributed by atoms with van der Waals surface area (Å²) in [5, 5.41) is 24.3. The number of ketones is 1. The third kappa shape index (κ3) is 5.76. The smallest absolute Gasteiger partial charge is 0.254 e. The molecule has 0 saturated carbocycles. The van der Waals surface area contributed by atoms with Crippen LogP contribution < -0.4 is 5.32 Å². The molecule has 0 aliphatic carbocycles. The molecule has 1 aliphatic heterocycles. The summed E-state index contributed by atoms with van der Waals surface area (Å²) in [7, 11) is 0. The number of hydrogen-bond donors (Lipinski definition) is 3. The summed E-state index contributed by atoms with van der Waals surface area (Å²) in [6.45, 7) is 5.45. The first-order valence-corrected chi connectivity index (χ1v) is 13.4. The van der Waals surface area contributed by atoms with Crippen molar-refractivity contribution < 1.29 is 24.6 Å². The van der Waals surface area contributed by atoms with Gasteiger partial charge in [0.1, 0.15) is 11.8 Å². The number of rotatable bonds is 8. The first kappa shape index (κ1) is 27.4. The Morgan fingerprint density at radius 3 is 2.29 bits per heavy atom. The van der Waals surface area contributed by atoms with Crippen molar-refractivity contribution in [2.24, 2.45) is 0 Å². The Hall–Kier alpha value is -3.62. The number of hydrogen-bond acceptors (Lipinski definition) is 6. The van der Waals surface area contributed by atoms with E-state index in [1.54, 1.807) is 43.3 Å². The number of nitrogens with zero attached hydrogens (tertiary/aromatic N) is 1. The predicted molar refractivity (Wildman–Crippen MR) is 148 cm³/mol. The number of benzene rings is 3. The van der Waals surface area contributed by atoms with E-state index in [2.05, 4.69) is 5.32 Å². The number of thioether (sulfide) groups is 1. The summed E-state index contributed by atoms with van der Waals surface area (Å²) in [6.07, 6.45) is -1.41. The van der Waals surface area contributed by atoms with Crippen molar-refractivity contribution in [3.8, 4) is 5.75 Å². The van der Waals surface area contributed by atoms with Crippen molar-refractivity contribution in [1.82, 2.24) is 10.2 Å². The van der Waals surface area contributed by atoms with Crippen LogP contribution in [-0.4, -0.2) is 61.5 Å². The van der Waals surface area contributed by atoms with Gasteiger partial charge in [-0.3, -0.25) is 14.4 Å². The Labute approximate surface area is 226 Å². The molecule has 3 N–H and O–H groups in total. The van der Waals surface area contributed by atoms with Crippen LogP contribution in [0.25, 0.3) is 0 Å². The van der Waals surface area contributed by atoms with Gasteiger partial charge < -0.3 is 20.4 Å². The highest BCUT2D eigenvalue weighted by molar-refractivity contribution is 8.00. The first-order chi connectivity index (χ1) is 18.1. The van der Waals surface area contributed by atoms with E-state index in [1.165, 1.54) is 22.7 Å². The van der Waals surface area contributed by atoms with Crippen LogP contribution in [0.3, 0.4) is 0 Å². The van der Waals surface area contributed by atoms with Gasteiger partial charge in [-0.15, -0.1) is 11.8 Å². The zero-order chi connectivity index (χ0) is 27.4. The van der Waals surface area contributed by atoms with Crippen molar-refractivity contribution in [2.75, 3.05) is 5.88 Å². The highest BCUT2D eigenvalue weighted by atomic mass is 32.2. The number of phenolic OH excluding ortho intramolecular Hbond substituents is 1. The van der Waals surface area contributed by atoms with Crippen molar-refractivity contribution in [3.63, 3.8) is 0 Å². The summed E-state index contributed by atoms with van der Waals surface area (Å²) in [5.74, 6) is -1.11. The van der Waals surface area contributed by atoms with Gasteiger partial charge in [0.15, 0.2) is 11.9 Å². The molecule has 1 fully saturated rings. The highest BCUT2D eigenvalue weighted by Gasteiger charge is 2.49. The number of aliphatic hydroxyl groups excluding tert-OH is 1. The van der Waals surface area contributed by atoms with E-state index >= 15 is 0 Å². The van der Waals surface area contributed by atoms with Crippen LogP contribution in [0.2, 0.25) is 0 Å². The van der Waals surface area contributed by atoms with Crippen molar-refractivity contribution >= 4 is 29.4 Å². The standard InChI is InChI=1S/C30H32N2O5S/c1-19-22(15-10-16-24(19)33)28(36)31-23(17-20-11-6-4-7-12-20)26(35)29(37)32-18-38-30(2,3)27(32)25(34)21-13-8-5-9-14-21/h4-16,23,26-27,33,35H,17-18H2,1-3H3,(H,31,36)/t23-,26-,27+/m0/s1. The molecule has 3 aromatic rings. The molecule has 198 valence electrons. The van der Waals surface area contributed by atoms with Gasteiger partial charge in [0.2, 0.25) is 0 Å². The third-order valence-corrected chi connectivity index (χ3v) is 8.31. The fourth-order valence-corrected chi connectivity index (χ4v) is 5.88. The minimum absolute atomic E-state index is 0.0209. The van der Waals surface area contributed by atoms with Crippen molar-refractivity contribution in [2.45, 2.75) is 50.1 Å². The topological polar surface area (TPSA) is 107 Å². The molecule has 8 heteroatoms. The van der Waals surface area contributed by atoms with Gasteiger partial charge in [0.05, 0.1) is 11.9 Å². The largest absolute Gasteiger partial charge is 0.508 e. The van der Waals surface area contributed by atoms with E-state index in [1.807, 2.05) is 50.2 Å². The number of Topliss-reactive ketones (excluding diaryl/α,β-unsaturated/α-hetero) is 1. The molecule has 1 aliphatic rings. The Morgan fingerprint density at radius 1 is 1.00 bits per heavy atom. The molecule has 0 spiro atoms. The van der Waals surface area contributed by atoms with Crippen LogP contribution in [-0.2, 0) is 11.2 Å². The van der Waals surface area contributed by atoms with Crippen LogP contribution in [0.1, 0.15) is 45.7 Å². The van der Waals surface area contributed by atoms with E-state index in [0.29, 0.717) is 11.1 Å². The van der Waals surface area contributed by atoms with Crippen LogP contribution >= 0.6 is 11.8 Å². The highest BCUT2D eigenvalue weighted by Crippen LogP contribution is 2.41. The molecule has 7 nitrogen and oxygen atoms in total. The molecule has 3 atom stereocenters. The Morgan fingerprint density at radius 2 is 1.63 bits per heavy atom. The van der Waals surface area contributed by atoms with Gasteiger partial charge in [0, 0.05) is 21.4 Å². The Balaban J connectivity index is 1.62. The van der Waals surface area contributed by atoms with E-state index in [9.17, 15) is 24.6 Å². The van der Waals surface area contributed by atoms with Crippen LogP contribution in [0, 0.1) is 6.92 Å². The summed E-state index contributed by atoms with van der Waals surface area (Å²) >= 11 is 1.47. The molecule has 0 bridgehead atoms. The minimum atomic E-state index is -1.60. The molecule has 3 aromatic carbocycles. The fourth-order valence-electron chi connectivity index (χ4n) is 4.74. The predicted octanol–water partition coefficient (Wildman–Crippen LogP) is 3.97. The van der Waals surface area contributed by atoms with Crippen LogP contribution in [0.4, 0.5) is 0 Å². The molecule has 1 heterocycles. The summed E-state index contributed by atoms with van der Waals surface area (Å²) in [4.78, 5) is 41.9. The van der Waals surface area contributed by atoms with Gasteiger partial charge in [-0.1, -0.05) is 66.7 Å². The van der Waals surface area contributed by atoms with E-state index < -0.39 is 34.7 Å². The second-order valence-corrected chi connectivity index (χ2v) is 11.6. The first-order valence-electron chi connectivity index (χ1n) is 12.5. The van der Waals surface area contributed by atoms with Gasteiger partial charge in [-0.05, 0) is 44.9 Å². The zero-order valence-electron chi connectivity index (χ0n) is 21.6. The quantitative estimate of drug-likeness (QED) is 0.379. The molecule has 2 amide bonds. The molecule has 0 aromatic heterocycles. The average molecular weight is 533 g/mol. The molecule has 0 unspecified atom stereocenters. The second-order valence-electron chi connectivity index (χ2n) is 9.98. The molecular formula is C30H32N2O5S. The number of carbonyl (C=O) groups excluding carboxylic acids is 3. The lowest BCUT2D eigenvalue weighted by molar-refractivity contribution is -0.141. The van der Waals surface area contributed by atoms with Gasteiger partial charge in [-0.25, -0.2) is 0 Å². The van der Waals surface area contributed by atoms with Crippen LogP contribution in [0.15, 0.2) is 78.9 Å². The Kier molecular flexibility index (Phi) is 8.23. The lowest BCUT2D eigenvalue weighted by atomic mass is 9.92. The third-order valence-electron chi connectivity index (χ3n) is 6.93.